The van der Waals surface area contributed by atoms with E-state index in [0.29, 0.717) is 13.0 Å². The number of hydrogen-bond donors (Lipinski definition) is 8. The lowest BCUT2D eigenvalue weighted by atomic mass is 10.1. The molecule has 0 radical (unpaired) electrons. The first-order valence-electron chi connectivity index (χ1n) is 9.03. The average molecular weight is 447 g/mol. The van der Waals surface area contributed by atoms with E-state index >= 15 is 0 Å². The molecule has 0 saturated carbocycles. The zero-order valence-corrected chi connectivity index (χ0v) is 16.8. The van der Waals surface area contributed by atoms with Crippen LogP contribution in [0.1, 0.15) is 25.7 Å². The summed E-state index contributed by atoms with van der Waals surface area (Å²) in [7, 11) is 0. The second-order valence-corrected chi connectivity index (χ2v) is 6.99. The fourth-order valence-corrected chi connectivity index (χ4v) is 2.96. The topological polar surface area (TPSA) is 217 Å². The van der Waals surface area contributed by atoms with Gasteiger partial charge in [-0.1, -0.05) is 0 Å². The van der Waals surface area contributed by atoms with E-state index in [1.165, 1.54) is 0 Å². The minimum atomic E-state index is -1.61. The van der Waals surface area contributed by atoms with Crippen molar-refractivity contribution in [2.45, 2.75) is 49.9 Å². The number of rotatable bonds is 12. The van der Waals surface area contributed by atoms with Gasteiger partial charge >= 0.3 is 11.9 Å². The Morgan fingerprint density at radius 3 is 2.03 bits per heavy atom. The van der Waals surface area contributed by atoms with Gasteiger partial charge in [-0.2, -0.15) is 12.6 Å². The molecule has 1 rings (SSSR count). The van der Waals surface area contributed by atoms with Gasteiger partial charge < -0.3 is 37.2 Å². The molecule has 1 saturated heterocycles. The van der Waals surface area contributed by atoms with Crippen molar-refractivity contribution < 1.29 is 39.0 Å². The van der Waals surface area contributed by atoms with Gasteiger partial charge in [0, 0.05) is 5.75 Å². The fraction of sp³-hybridized carbons (Fsp3) is 0.625. The molecule has 4 atom stereocenters. The number of carboxylic acid groups (broad SMARTS) is 2. The molecule has 168 valence electrons. The Morgan fingerprint density at radius 2 is 1.57 bits per heavy atom. The number of amides is 4. The summed E-state index contributed by atoms with van der Waals surface area (Å²) in [6.07, 6.45) is -0.109. The normalized spacial score (nSPS) is 18.5. The van der Waals surface area contributed by atoms with E-state index in [2.05, 4.69) is 33.9 Å². The van der Waals surface area contributed by atoms with Gasteiger partial charge in [-0.15, -0.1) is 0 Å². The van der Waals surface area contributed by atoms with Crippen molar-refractivity contribution in [3.05, 3.63) is 0 Å². The highest BCUT2D eigenvalue weighted by molar-refractivity contribution is 7.80. The van der Waals surface area contributed by atoms with Crippen molar-refractivity contribution in [1.82, 2.24) is 21.3 Å². The molecule has 8 N–H and O–H groups in total. The number of thiol groups is 1. The van der Waals surface area contributed by atoms with Gasteiger partial charge in [0.25, 0.3) is 0 Å². The number of carboxylic acids is 2. The second-order valence-electron chi connectivity index (χ2n) is 6.62. The summed E-state index contributed by atoms with van der Waals surface area (Å²) in [4.78, 5) is 70.1. The standard InChI is InChI=1S/C16H25N5O8S/c17-11(22)4-9(16(28)29)20-15(27)10(6-30)21-14(26)8(5-12(23)24)19-13(25)7-2-1-3-18-7/h7-10,18,30H,1-6H2,(H2,17,22)(H,19,25)(H,20,27)(H,21,26)(H,23,24)(H,28,29). The van der Waals surface area contributed by atoms with Crippen LogP contribution in [0, 0.1) is 0 Å². The molecule has 4 amide bonds. The summed E-state index contributed by atoms with van der Waals surface area (Å²) in [5.74, 6) is -6.56. The maximum absolute atomic E-state index is 12.5. The highest BCUT2D eigenvalue weighted by atomic mass is 32.1. The van der Waals surface area contributed by atoms with E-state index < -0.39 is 72.6 Å². The minimum absolute atomic E-state index is 0.265. The molecule has 0 aromatic heterocycles. The zero-order valence-electron chi connectivity index (χ0n) is 15.9. The Labute approximate surface area is 176 Å². The minimum Gasteiger partial charge on any atom is -0.481 e. The molecular weight excluding hydrogens is 422 g/mol. The van der Waals surface area contributed by atoms with Gasteiger partial charge in [0.15, 0.2) is 0 Å². The molecule has 1 aliphatic heterocycles. The predicted octanol–water partition coefficient (Wildman–Crippen LogP) is -3.44. The number of primary amides is 1. The molecule has 30 heavy (non-hydrogen) atoms. The summed E-state index contributed by atoms with van der Waals surface area (Å²) in [5.41, 5.74) is 4.94. The van der Waals surface area contributed by atoms with E-state index in [-0.39, 0.29) is 5.75 Å². The molecule has 0 spiro atoms. The molecular formula is C16H25N5O8S. The maximum atomic E-state index is 12.5. The van der Waals surface area contributed by atoms with Crippen LogP contribution in [0.4, 0.5) is 0 Å². The van der Waals surface area contributed by atoms with Crippen LogP contribution in [0.5, 0.6) is 0 Å². The molecule has 0 aliphatic carbocycles. The van der Waals surface area contributed by atoms with Crippen LogP contribution in [0.15, 0.2) is 0 Å². The van der Waals surface area contributed by atoms with Crippen LogP contribution in [0.2, 0.25) is 0 Å². The summed E-state index contributed by atoms with van der Waals surface area (Å²) < 4.78 is 0. The van der Waals surface area contributed by atoms with Crippen molar-refractivity contribution in [2.24, 2.45) is 5.73 Å². The number of nitrogens with two attached hydrogens (primary N) is 1. The van der Waals surface area contributed by atoms with Crippen molar-refractivity contribution >= 4 is 48.2 Å². The Hall–Kier alpha value is -2.87. The number of carbonyl (C=O) groups is 6. The Balaban J connectivity index is 2.80. The number of hydrogen-bond acceptors (Lipinski definition) is 8. The smallest absolute Gasteiger partial charge is 0.326 e. The number of carbonyl (C=O) groups excluding carboxylic acids is 4. The molecule has 1 fully saturated rings. The SMILES string of the molecule is NC(=O)CC(NC(=O)C(CS)NC(=O)C(CC(=O)O)NC(=O)C1CCCN1)C(=O)O. The molecule has 1 heterocycles. The average Bonchev–Trinajstić information content (AvgIpc) is 3.18. The van der Waals surface area contributed by atoms with E-state index in [1.807, 2.05) is 0 Å². The first-order valence-corrected chi connectivity index (χ1v) is 9.66. The molecule has 0 aromatic carbocycles. The first kappa shape index (κ1) is 25.2. The summed E-state index contributed by atoms with van der Waals surface area (Å²) in [6, 6.07) is -4.98. The highest BCUT2D eigenvalue weighted by Crippen LogP contribution is 2.06. The van der Waals surface area contributed by atoms with Crippen molar-refractivity contribution in [3.8, 4) is 0 Å². The van der Waals surface area contributed by atoms with E-state index in [4.69, 9.17) is 15.9 Å². The van der Waals surface area contributed by atoms with Crippen LogP contribution in [-0.4, -0.2) is 82.2 Å². The quantitative estimate of drug-likeness (QED) is 0.139. The molecule has 0 aromatic rings. The first-order chi connectivity index (χ1) is 14.0. The summed E-state index contributed by atoms with van der Waals surface area (Å²) in [6.45, 7) is 0.617. The van der Waals surface area contributed by atoms with Crippen molar-refractivity contribution in [2.75, 3.05) is 12.3 Å². The van der Waals surface area contributed by atoms with Gasteiger partial charge in [0.2, 0.25) is 23.6 Å². The Morgan fingerprint density at radius 1 is 0.967 bits per heavy atom. The largest absolute Gasteiger partial charge is 0.481 e. The van der Waals surface area contributed by atoms with Crippen molar-refractivity contribution in [3.63, 3.8) is 0 Å². The molecule has 14 heteroatoms. The summed E-state index contributed by atoms with van der Waals surface area (Å²) >= 11 is 3.92. The number of aliphatic carboxylic acids is 2. The van der Waals surface area contributed by atoms with Crippen LogP contribution in [0.25, 0.3) is 0 Å². The highest BCUT2D eigenvalue weighted by Gasteiger charge is 2.32. The third kappa shape index (κ3) is 8.24. The molecule has 0 bridgehead atoms. The van der Waals surface area contributed by atoms with Gasteiger partial charge in [0.1, 0.15) is 18.1 Å². The Kier molecular flexibility index (Phi) is 10.0. The van der Waals surface area contributed by atoms with E-state index in [0.717, 1.165) is 6.42 Å². The lowest BCUT2D eigenvalue weighted by molar-refractivity contribution is -0.144. The molecule has 1 aliphatic rings. The molecule has 4 unspecified atom stereocenters. The van der Waals surface area contributed by atoms with Crippen LogP contribution in [0.3, 0.4) is 0 Å². The predicted molar refractivity (Wildman–Crippen MR) is 104 cm³/mol. The van der Waals surface area contributed by atoms with Gasteiger partial charge in [0.05, 0.1) is 18.9 Å². The maximum Gasteiger partial charge on any atom is 0.326 e. The third-order valence-electron chi connectivity index (χ3n) is 4.22. The van der Waals surface area contributed by atoms with Gasteiger partial charge in [-0.3, -0.25) is 24.0 Å². The lowest BCUT2D eigenvalue weighted by Crippen LogP contribution is -2.58. The van der Waals surface area contributed by atoms with Crippen LogP contribution >= 0.6 is 12.6 Å². The molecule has 13 nitrogen and oxygen atoms in total. The lowest BCUT2D eigenvalue weighted by Gasteiger charge is -2.23. The summed E-state index contributed by atoms with van der Waals surface area (Å²) in [5, 5.41) is 27.6. The van der Waals surface area contributed by atoms with E-state index in [1.54, 1.807) is 0 Å². The third-order valence-corrected chi connectivity index (χ3v) is 4.59. The van der Waals surface area contributed by atoms with E-state index in [9.17, 15) is 28.8 Å². The van der Waals surface area contributed by atoms with Crippen molar-refractivity contribution in [1.29, 1.82) is 0 Å². The number of nitrogens with one attached hydrogen (secondary N) is 4. The second kappa shape index (κ2) is 12.0. The van der Waals surface area contributed by atoms with Crippen LogP contribution < -0.4 is 27.0 Å². The zero-order chi connectivity index (χ0) is 22.8. The van der Waals surface area contributed by atoms with Gasteiger partial charge in [-0.25, -0.2) is 4.79 Å². The van der Waals surface area contributed by atoms with Crippen LogP contribution in [-0.2, 0) is 28.8 Å². The Bertz CT molecular complexity index is 697. The fourth-order valence-electron chi connectivity index (χ4n) is 2.70. The monoisotopic (exact) mass is 447 g/mol. The van der Waals surface area contributed by atoms with Gasteiger partial charge in [-0.05, 0) is 19.4 Å².